The van der Waals surface area contributed by atoms with Crippen LogP contribution in [0.1, 0.15) is 11.1 Å². The predicted octanol–water partition coefficient (Wildman–Crippen LogP) is 3.18. The van der Waals surface area contributed by atoms with Crippen molar-refractivity contribution < 1.29 is 26.0 Å². The molecule has 2 aromatic rings. The van der Waals surface area contributed by atoms with Crippen molar-refractivity contribution in [1.29, 1.82) is 0 Å². The SMILES string of the molecule is O=S1(=O)N=C(CN2CCN(Cc3cc(C(F)(F)F)ccc3F)CC2)Nc2ccccc21. The van der Waals surface area contributed by atoms with Gasteiger partial charge >= 0.3 is 6.18 Å². The molecule has 6 nitrogen and oxygen atoms in total. The first kappa shape index (κ1) is 21.7. The summed E-state index contributed by atoms with van der Waals surface area (Å²) in [4.78, 5) is 4.00. The molecule has 11 heteroatoms. The Balaban J connectivity index is 1.37. The Morgan fingerprint density at radius 2 is 1.61 bits per heavy atom. The van der Waals surface area contributed by atoms with E-state index in [1.807, 2.05) is 9.80 Å². The Morgan fingerprint density at radius 3 is 2.29 bits per heavy atom. The number of fused-ring (bicyclic) bond motifs is 1. The molecule has 0 atom stereocenters. The van der Waals surface area contributed by atoms with Gasteiger partial charge in [0, 0.05) is 38.3 Å². The van der Waals surface area contributed by atoms with Crippen LogP contribution in [0.5, 0.6) is 0 Å². The highest BCUT2D eigenvalue weighted by Gasteiger charge is 2.31. The van der Waals surface area contributed by atoms with Gasteiger partial charge in [-0.25, -0.2) is 4.39 Å². The summed E-state index contributed by atoms with van der Waals surface area (Å²) >= 11 is 0. The Bertz CT molecular complexity index is 1110. The highest BCUT2D eigenvalue weighted by molar-refractivity contribution is 7.90. The zero-order valence-corrected chi connectivity index (χ0v) is 17.2. The van der Waals surface area contributed by atoms with Crippen LogP contribution in [-0.2, 0) is 22.7 Å². The third-order valence-corrected chi connectivity index (χ3v) is 6.65. The van der Waals surface area contributed by atoms with E-state index in [1.165, 1.54) is 6.07 Å². The number of amidine groups is 1. The molecule has 0 radical (unpaired) electrons. The molecule has 31 heavy (non-hydrogen) atoms. The van der Waals surface area contributed by atoms with Gasteiger partial charge in [-0.15, -0.1) is 4.40 Å². The Morgan fingerprint density at radius 1 is 0.968 bits per heavy atom. The molecule has 166 valence electrons. The van der Waals surface area contributed by atoms with Crippen LogP contribution in [0, 0.1) is 5.82 Å². The van der Waals surface area contributed by atoms with Crippen LogP contribution in [-0.4, -0.2) is 56.8 Å². The first-order valence-corrected chi connectivity index (χ1v) is 11.1. The quantitative estimate of drug-likeness (QED) is 0.716. The molecule has 0 amide bonds. The number of sulfonamides is 1. The molecule has 2 aliphatic heterocycles. The zero-order chi connectivity index (χ0) is 22.2. The maximum absolute atomic E-state index is 14.0. The normalized spacial score (nSPS) is 19.4. The third kappa shape index (κ3) is 4.89. The van der Waals surface area contributed by atoms with Gasteiger partial charge in [-0.3, -0.25) is 9.80 Å². The minimum atomic E-state index is -4.52. The number of nitrogens with zero attached hydrogens (tertiary/aromatic N) is 3. The van der Waals surface area contributed by atoms with Gasteiger partial charge in [0.15, 0.2) is 0 Å². The van der Waals surface area contributed by atoms with Crippen molar-refractivity contribution in [3.05, 3.63) is 59.4 Å². The Labute approximate surface area is 177 Å². The summed E-state index contributed by atoms with van der Waals surface area (Å²) < 4.78 is 81.2. The van der Waals surface area contributed by atoms with Crippen molar-refractivity contribution in [2.24, 2.45) is 4.40 Å². The average Bonchev–Trinajstić information content (AvgIpc) is 2.70. The molecule has 2 aliphatic rings. The van der Waals surface area contributed by atoms with Crippen molar-refractivity contribution >= 4 is 21.5 Å². The van der Waals surface area contributed by atoms with Crippen molar-refractivity contribution in [3.8, 4) is 0 Å². The molecule has 2 aromatic carbocycles. The number of anilines is 1. The van der Waals surface area contributed by atoms with Crippen LogP contribution in [0.3, 0.4) is 0 Å². The van der Waals surface area contributed by atoms with Crippen molar-refractivity contribution in [1.82, 2.24) is 9.80 Å². The van der Waals surface area contributed by atoms with Crippen LogP contribution in [0.15, 0.2) is 51.8 Å². The number of para-hydroxylation sites is 1. The van der Waals surface area contributed by atoms with Gasteiger partial charge < -0.3 is 5.32 Å². The fourth-order valence-corrected chi connectivity index (χ4v) is 4.81. The average molecular weight is 456 g/mol. The van der Waals surface area contributed by atoms with Gasteiger partial charge in [0.2, 0.25) is 0 Å². The van der Waals surface area contributed by atoms with Crippen LogP contribution >= 0.6 is 0 Å². The predicted molar refractivity (Wildman–Crippen MR) is 108 cm³/mol. The fourth-order valence-electron chi connectivity index (χ4n) is 3.67. The lowest BCUT2D eigenvalue weighted by Gasteiger charge is -2.35. The van der Waals surface area contributed by atoms with Gasteiger partial charge in [0.05, 0.1) is 17.8 Å². The molecular formula is C20H20F4N4O2S. The van der Waals surface area contributed by atoms with Gasteiger partial charge in [-0.05, 0) is 30.3 Å². The van der Waals surface area contributed by atoms with E-state index in [4.69, 9.17) is 0 Å². The minimum absolute atomic E-state index is 0.00398. The summed E-state index contributed by atoms with van der Waals surface area (Å²) in [6.45, 7) is 2.47. The summed E-state index contributed by atoms with van der Waals surface area (Å²) in [6, 6.07) is 8.96. The van der Waals surface area contributed by atoms with Gasteiger partial charge in [0.1, 0.15) is 16.5 Å². The third-order valence-electron chi connectivity index (χ3n) is 5.28. The summed E-state index contributed by atoms with van der Waals surface area (Å²) in [6.07, 6.45) is -4.52. The lowest BCUT2D eigenvalue weighted by molar-refractivity contribution is -0.137. The van der Waals surface area contributed by atoms with E-state index in [9.17, 15) is 26.0 Å². The van der Waals surface area contributed by atoms with E-state index in [0.717, 1.165) is 18.2 Å². The molecule has 1 N–H and O–H groups in total. The van der Waals surface area contributed by atoms with Crippen LogP contribution in [0.2, 0.25) is 0 Å². The van der Waals surface area contributed by atoms with E-state index in [0.29, 0.717) is 44.2 Å². The lowest BCUT2D eigenvalue weighted by atomic mass is 10.1. The van der Waals surface area contributed by atoms with E-state index < -0.39 is 27.6 Å². The fraction of sp³-hybridized carbons (Fsp3) is 0.350. The van der Waals surface area contributed by atoms with Gasteiger partial charge in [-0.2, -0.15) is 21.6 Å². The molecule has 2 heterocycles. The van der Waals surface area contributed by atoms with Crippen molar-refractivity contribution in [2.75, 3.05) is 38.0 Å². The lowest BCUT2D eigenvalue weighted by Crippen LogP contribution is -2.48. The molecule has 1 fully saturated rings. The van der Waals surface area contributed by atoms with Crippen LogP contribution in [0.25, 0.3) is 0 Å². The molecular weight excluding hydrogens is 436 g/mol. The second-order valence-electron chi connectivity index (χ2n) is 7.49. The second-order valence-corrected chi connectivity index (χ2v) is 9.06. The monoisotopic (exact) mass is 456 g/mol. The van der Waals surface area contributed by atoms with E-state index in [-0.39, 0.29) is 17.0 Å². The summed E-state index contributed by atoms with van der Waals surface area (Å²) in [5.74, 6) is -0.351. The number of halogens is 4. The molecule has 0 bridgehead atoms. The molecule has 0 aromatic heterocycles. The largest absolute Gasteiger partial charge is 0.416 e. The standard InChI is InChI=1S/C20H20F4N4O2S/c21-16-6-5-15(20(22,23)24)11-14(16)12-27-7-9-28(10-8-27)13-19-25-17-3-1-2-4-18(17)31(29,30)26-19/h1-6,11H,7-10,12-13H2,(H,25,26). The van der Waals surface area contributed by atoms with Crippen LogP contribution in [0.4, 0.5) is 23.2 Å². The summed E-state index contributed by atoms with van der Waals surface area (Å²) in [5, 5.41) is 3.04. The molecule has 1 saturated heterocycles. The second kappa shape index (κ2) is 8.21. The van der Waals surface area contributed by atoms with Gasteiger partial charge in [-0.1, -0.05) is 12.1 Å². The van der Waals surface area contributed by atoms with Crippen molar-refractivity contribution in [2.45, 2.75) is 17.6 Å². The van der Waals surface area contributed by atoms with E-state index in [2.05, 4.69) is 9.71 Å². The molecule has 0 spiro atoms. The number of rotatable bonds is 4. The number of hydrogen-bond donors (Lipinski definition) is 1. The van der Waals surface area contributed by atoms with E-state index >= 15 is 0 Å². The summed E-state index contributed by atoms with van der Waals surface area (Å²) in [7, 11) is -3.76. The van der Waals surface area contributed by atoms with E-state index in [1.54, 1.807) is 18.2 Å². The maximum Gasteiger partial charge on any atom is 0.416 e. The first-order valence-electron chi connectivity index (χ1n) is 9.62. The molecule has 4 rings (SSSR count). The zero-order valence-electron chi connectivity index (χ0n) is 16.4. The smallest absolute Gasteiger partial charge is 0.341 e. The minimum Gasteiger partial charge on any atom is -0.341 e. The number of nitrogens with one attached hydrogen (secondary N) is 1. The topological polar surface area (TPSA) is 65.0 Å². The molecule has 0 aliphatic carbocycles. The number of piperazine rings is 1. The van der Waals surface area contributed by atoms with Crippen LogP contribution < -0.4 is 5.32 Å². The first-order chi connectivity index (χ1) is 14.6. The van der Waals surface area contributed by atoms with Crippen molar-refractivity contribution in [3.63, 3.8) is 0 Å². The Hall–Kier alpha value is -2.50. The van der Waals surface area contributed by atoms with Gasteiger partial charge in [0.25, 0.3) is 10.0 Å². The molecule has 0 unspecified atom stereocenters. The number of alkyl halides is 3. The maximum atomic E-state index is 14.0. The highest BCUT2D eigenvalue weighted by Crippen LogP contribution is 2.31. The Kier molecular flexibility index (Phi) is 5.75. The highest BCUT2D eigenvalue weighted by atomic mass is 32.2. The number of benzene rings is 2. The molecule has 0 saturated carbocycles. The summed E-state index contributed by atoms with van der Waals surface area (Å²) in [5.41, 5.74) is -0.388. The number of hydrogen-bond acceptors (Lipinski definition) is 5.